The smallest absolute Gasteiger partial charge is 0.154 e. The Kier molecular flexibility index (Phi) is 3.90. The summed E-state index contributed by atoms with van der Waals surface area (Å²) in [4.78, 5) is 0. The minimum absolute atomic E-state index is 0.0201. The van der Waals surface area contributed by atoms with Crippen molar-refractivity contribution in [3.63, 3.8) is 0 Å². The van der Waals surface area contributed by atoms with E-state index < -0.39 is 0 Å². The number of halogens is 1. The summed E-state index contributed by atoms with van der Waals surface area (Å²) in [7, 11) is 0. The highest BCUT2D eigenvalue weighted by Crippen LogP contribution is 2.35. The fourth-order valence-corrected chi connectivity index (χ4v) is 1.63. The SMILES string of the molecule is CC(C)Oc1cccc(Oc2cccc(F)c2)c1N. The molecule has 4 heteroatoms. The number of nitrogen functional groups attached to an aromatic ring is 1. The monoisotopic (exact) mass is 261 g/mol. The highest BCUT2D eigenvalue weighted by Gasteiger charge is 2.09. The van der Waals surface area contributed by atoms with Crippen LogP contribution in [0.2, 0.25) is 0 Å². The number of benzene rings is 2. The van der Waals surface area contributed by atoms with E-state index in [4.69, 9.17) is 15.2 Å². The van der Waals surface area contributed by atoms with Gasteiger partial charge in [-0.25, -0.2) is 4.39 Å². The Balaban J connectivity index is 2.25. The Morgan fingerprint density at radius 1 is 1.05 bits per heavy atom. The molecule has 0 saturated heterocycles. The van der Waals surface area contributed by atoms with Gasteiger partial charge in [0.05, 0.1) is 6.10 Å². The molecule has 2 aromatic rings. The van der Waals surface area contributed by atoms with Gasteiger partial charge in [-0.05, 0) is 38.1 Å². The minimum atomic E-state index is -0.356. The molecule has 0 aromatic heterocycles. The van der Waals surface area contributed by atoms with Gasteiger partial charge in [0.25, 0.3) is 0 Å². The number of nitrogens with two attached hydrogens (primary N) is 1. The summed E-state index contributed by atoms with van der Waals surface area (Å²) >= 11 is 0. The Morgan fingerprint density at radius 3 is 2.42 bits per heavy atom. The Labute approximate surface area is 111 Å². The van der Waals surface area contributed by atoms with Gasteiger partial charge in [-0.15, -0.1) is 0 Å². The molecule has 0 bridgehead atoms. The largest absolute Gasteiger partial charge is 0.489 e. The molecule has 0 spiro atoms. The Hall–Kier alpha value is -2.23. The van der Waals surface area contributed by atoms with Crippen LogP contribution in [0.4, 0.5) is 10.1 Å². The van der Waals surface area contributed by atoms with Gasteiger partial charge >= 0.3 is 0 Å². The molecule has 0 fully saturated rings. The van der Waals surface area contributed by atoms with Crippen molar-refractivity contribution in [1.82, 2.24) is 0 Å². The van der Waals surface area contributed by atoms with E-state index in [9.17, 15) is 4.39 Å². The van der Waals surface area contributed by atoms with Gasteiger partial charge < -0.3 is 15.2 Å². The second kappa shape index (κ2) is 5.61. The summed E-state index contributed by atoms with van der Waals surface area (Å²) < 4.78 is 24.2. The summed E-state index contributed by atoms with van der Waals surface area (Å²) in [6.45, 7) is 3.83. The summed E-state index contributed by atoms with van der Waals surface area (Å²) in [6.07, 6.45) is 0.0201. The third kappa shape index (κ3) is 3.37. The standard InChI is InChI=1S/C15H16FNO2/c1-10(2)18-13-7-4-8-14(15(13)17)19-12-6-3-5-11(16)9-12/h3-10H,17H2,1-2H3. The molecule has 0 aliphatic carbocycles. The molecular formula is C15H16FNO2. The molecule has 0 saturated carbocycles. The number of hydrogen-bond donors (Lipinski definition) is 1. The molecule has 0 aliphatic rings. The van der Waals surface area contributed by atoms with Crippen LogP contribution in [0.5, 0.6) is 17.2 Å². The summed E-state index contributed by atoms with van der Waals surface area (Å²) in [5.41, 5.74) is 6.38. The predicted molar refractivity (Wildman–Crippen MR) is 73.1 cm³/mol. The number of anilines is 1. The van der Waals surface area contributed by atoms with E-state index in [0.717, 1.165) is 0 Å². The predicted octanol–water partition coefficient (Wildman–Crippen LogP) is 3.99. The van der Waals surface area contributed by atoms with Crippen LogP contribution in [0.15, 0.2) is 42.5 Å². The molecule has 0 aliphatic heterocycles. The van der Waals surface area contributed by atoms with Gasteiger partial charge in [-0.1, -0.05) is 12.1 Å². The molecule has 0 heterocycles. The minimum Gasteiger partial charge on any atom is -0.489 e. The van der Waals surface area contributed by atoms with Crippen molar-refractivity contribution in [1.29, 1.82) is 0 Å². The van der Waals surface area contributed by atoms with Crippen LogP contribution in [0.1, 0.15) is 13.8 Å². The van der Waals surface area contributed by atoms with E-state index in [2.05, 4.69) is 0 Å². The highest BCUT2D eigenvalue weighted by atomic mass is 19.1. The first kappa shape index (κ1) is 13.2. The molecule has 3 nitrogen and oxygen atoms in total. The van der Waals surface area contributed by atoms with Gasteiger partial charge in [-0.2, -0.15) is 0 Å². The first-order valence-electron chi connectivity index (χ1n) is 6.05. The molecule has 2 N–H and O–H groups in total. The second-order valence-corrected chi connectivity index (χ2v) is 4.39. The molecule has 2 rings (SSSR count). The van der Waals surface area contributed by atoms with E-state index in [1.165, 1.54) is 12.1 Å². The van der Waals surface area contributed by atoms with Gasteiger partial charge in [0.2, 0.25) is 0 Å². The van der Waals surface area contributed by atoms with Crippen molar-refractivity contribution >= 4 is 5.69 Å². The van der Waals surface area contributed by atoms with Gasteiger partial charge in [0, 0.05) is 6.07 Å². The first-order chi connectivity index (χ1) is 9.06. The third-order valence-electron chi connectivity index (χ3n) is 2.41. The highest BCUT2D eigenvalue weighted by molar-refractivity contribution is 5.63. The van der Waals surface area contributed by atoms with E-state index in [1.807, 2.05) is 13.8 Å². The fraction of sp³-hybridized carbons (Fsp3) is 0.200. The quantitative estimate of drug-likeness (QED) is 0.846. The maximum atomic E-state index is 13.1. The van der Waals surface area contributed by atoms with Gasteiger partial charge in [0.15, 0.2) is 5.75 Å². The molecule has 0 amide bonds. The average molecular weight is 261 g/mol. The van der Waals surface area contributed by atoms with Crippen molar-refractivity contribution < 1.29 is 13.9 Å². The molecule has 0 atom stereocenters. The van der Waals surface area contributed by atoms with Crippen LogP contribution < -0.4 is 15.2 Å². The lowest BCUT2D eigenvalue weighted by Crippen LogP contribution is -2.07. The van der Waals surface area contributed by atoms with E-state index >= 15 is 0 Å². The van der Waals surface area contributed by atoms with E-state index in [0.29, 0.717) is 22.9 Å². The van der Waals surface area contributed by atoms with E-state index in [1.54, 1.807) is 30.3 Å². The normalized spacial score (nSPS) is 10.5. The summed E-state index contributed by atoms with van der Waals surface area (Å²) in [5, 5.41) is 0. The van der Waals surface area contributed by atoms with Crippen LogP contribution in [0.25, 0.3) is 0 Å². The molecule has 2 aromatic carbocycles. The van der Waals surface area contributed by atoms with Crippen molar-refractivity contribution in [3.05, 3.63) is 48.3 Å². The lowest BCUT2D eigenvalue weighted by molar-refractivity contribution is 0.243. The third-order valence-corrected chi connectivity index (χ3v) is 2.41. The topological polar surface area (TPSA) is 44.5 Å². The van der Waals surface area contributed by atoms with Gasteiger partial charge in [-0.3, -0.25) is 0 Å². The summed E-state index contributed by atoms with van der Waals surface area (Å²) in [5.74, 6) is 1.05. The zero-order valence-electron chi connectivity index (χ0n) is 10.9. The number of para-hydroxylation sites is 1. The molecule has 0 unspecified atom stereocenters. The van der Waals surface area contributed by atoms with Crippen molar-refractivity contribution in [2.75, 3.05) is 5.73 Å². The number of hydrogen-bond acceptors (Lipinski definition) is 3. The van der Waals surface area contributed by atoms with Gasteiger partial charge in [0.1, 0.15) is 23.0 Å². The number of rotatable bonds is 4. The van der Waals surface area contributed by atoms with Crippen molar-refractivity contribution in [2.24, 2.45) is 0 Å². The molecule has 19 heavy (non-hydrogen) atoms. The van der Waals surface area contributed by atoms with Crippen molar-refractivity contribution in [3.8, 4) is 17.2 Å². The first-order valence-corrected chi connectivity index (χ1v) is 6.05. The fourth-order valence-electron chi connectivity index (χ4n) is 1.63. The van der Waals surface area contributed by atoms with Crippen LogP contribution in [0.3, 0.4) is 0 Å². The van der Waals surface area contributed by atoms with Crippen LogP contribution in [0, 0.1) is 5.82 Å². The summed E-state index contributed by atoms with van der Waals surface area (Å²) in [6, 6.07) is 11.2. The average Bonchev–Trinajstić information content (AvgIpc) is 2.34. The molecule has 100 valence electrons. The van der Waals surface area contributed by atoms with E-state index in [-0.39, 0.29) is 11.9 Å². The Bertz CT molecular complexity index is 570. The lowest BCUT2D eigenvalue weighted by Gasteiger charge is -2.15. The Morgan fingerprint density at radius 2 is 1.74 bits per heavy atom. The van der Waals surface area contributed by atoms with Crippen LogP contribution in [-0.2, 0) is 0 Å². The maximum absolute atomic E-state index is 13.1. The zero-order chi connectivity index (χ0) is 13.8. The zero-order valence-corrected chi connectivity index (χ0v) is 10.9. The van der Waals surface area contributed by atoms with Crippen LogP contribution >= 0.6 is 0 Å². The molecule has 0 radical (unpaired) electrons. The lowest BCUT2D eigenvalue weighted by atomic mass is 10.2. The maximum Gasteiger partial charge on any atom is 0.154 e. The van der Waals surface area contributed by atoms with Crippen molar-refractivity contribution in [2.45, 2.75) is 20.0 Å². The molecular weight excluding hydrogens is 245 g/mol. The second-order valence-electron chi connectivity index (χ2n) is 4.39. The number of ether oxygens (including phenoxy) is 2. The van der Waals surface area contributed by atoms with Crippen LogP contribution in [-0.4, -0.2) is 6.10 Å².